The zero-order valence-corrected chi connectivity index (χ0v) is 78.3. The lowest BCUT2D eigenvalue weighted by molar-refractivity contribution is 0.415. The number of nitrogens with one attached hydrogen (secondary N) is 5. The van der Waals surface area contributed by atoms with Crippen LogP contribution in [0.25, 0.3) is 44.5 Å². The topological polar surface area (TPSA) is 97.1 Å². The van der Waals surface area contributed by atoms with Crippen LogP contribution in [0.2, 0.25) is 0 Å². The summed E-state index contributed by atoms with van der Waals surface area (Å²) in [4.78, 5) is 0. The van der Waals surface area contributed by atoms with Crippen LogP contribution in [0.15, 0.2) is 406 Å². The Bertz CT molecular complexity index is 6560. The van der Waals surface area contributed by atoms with Gasteiger partial charge < -0.3 is 45.5 Å². The molecule has 0 aliphatic heterocycles. The number of hydrogen-bond donors (Lipinski definition) is 5. The van der Waals surface area contributed by atoms with E-state index in [2.05, 4.69) is 424 Å². The van der Waals surface area contributed by atoms with E-state index in [1.54, 1.807) is 28.4 Å². The molecule has 21 rings (SSSR count). The minimum Gasteiger partial charge on any atom is -0.497 e. The molecule has 5 N–H and O–H groups in total. The predicted octanol–water partition coefficient (Wildman–Crippen LogP) is 32.1. The monoisotopic (exact) mass is 1730 g/mol. The van der Waals surface area contributed by atoms with Crippen molar-refractivity contribution in [2.75, 3.05) is 55.0 Å². The smallest absolute Gasteiger partial charge is 0.119 e. The highest BCUT2D eigenvalue weighted by Gasteiger charge is 2.52. The van der Waals surface area contributed by atoms with Crippen LogP contribution in [-0.2, 0) is 32.5 Å². The van der Waals surface area contributed by atoms with Gasteiger partial charge in [-0.25, -0.2) is 0 Å². The first-order chi connectivity index (χ1) is 63.8. The second-order valence-corrected chi connectivity index (χ2v) is 37.9. The highest BCUT2D eigenvalue weighted by atomic mass is 16.5. The van der Waals surface area contributed by atoms with Gasteiger partial charge in [0, 0.05) is 62.3 Å². The molecule has 0 amide bonds. The molecular formula is C123H117N5O4. The molecule has 0 bridgehead atoms. The summed E-state index contributed by atoms with van der Waals surface area (Å²) >= 11 is 0. The number of methoxy groups -OCH3 is 4. The average Bonchev–Trinajstić information content (AvgIpc) is 1.59. The van der Waals surface area contributed by atoms with E-state index in [9.17, 15) is 0 Å². The molecule has 17 aromatic rings. The van der Waals surface area contributed by atoms with Gasteiger partial charge in [-0.05, 0) is 303 Å². The second kappa shape index (κ2) is 37.6. The van der Waals surface area contributed by atoms with E-state index in [0.717, 1.165) is 79.9 Å². The average molecular weight is 1730 g/mol. The van der Waals surface area contributed by atoms with Gasteiger partial charge in [-0.15, -0.1) is 0 Å². The maximum Gasteiger partial charge on any atom is 0.119 e. The third-order valence-electron chi connectivity index (χ3n) is 26.1. The number of rotatable bonds is 16. The van der Waals surface area contributed by atoms with Gasteiger partial charge in [-0.1, -0.05) is 313 Å². The summed E-state index contributed by atoms with van der Waals surface area (Å²) in [5, 5.41) is 17.5. The van der Waals surface area contributed by atoms with Crippen LogP contribution in [0.3, 0.4) is 0 Å². The largest absolute Gasteiger partial charge is 0.497 e. The van der Waals surface area contributed by atoms with E-state index in [0.29, 0.717) is 0 Å². The fourth-order valence-electron chi connectivity index (χ4n) is 19.2. The number of fused-ring (bicyclic) bond motifs is 16. The maximum atomic E-state index is 5.32. The van der Waals surface area contributed by atoms with Crippen molar-refractivity contribution in [3.63, 3.8) is 0 Å². The van der Waals surface area contributed by atoms with Gasteiger partial charge in [0.2, 0.25) is 0 Å². The van der Waals surface area contributed by atoms with Crippen molar-refractivity contribution in [2.45, 2.75) is 109 Å². The molecule has 0 saturated heterocycles. The van der Waals surface area contributed by atoms with Crippen LogP contribution in [0.5, 0.6) is 23.0 Å². The van der Waals surface area contributed by atoms with Crippen LogP contribution in [0, 0.1) is 0 Å². The lowest BCUT2D eigenvalue weighted by Crippen LogP contribution is -2.28. The van der Waals surface area contributed by atoms with E-state index < -0.39 is 0 Å². The first kappa shape index (κ1) is 88.9. The molecular weight excluding hydrogens is 1610 g/mol. The second-order valence-electron chi connectivity index (χ2n) is 37.9. The Morgan fingerprint density at radius 2 is 0.379 bits per heavy atom. The van der Waals surface area contributed by atoms with Gasteiger partial charge in [0.25, 0.3) is 0 Å². The maximum absolute atomic E-state index is 5.32. The van der Waals surface area contributed by atoms with Gasteiger partial charge in [0.1, 0.15) is 23.0 Å². The molecule has 9 heteroatoms. The Kier molecular flexibility index (Phi) is 25.3. The highest BCUT2D eigenvalue weighted by Crippen LogP contribution is 2.64. The number of anilines is 10. The Balaban J connectivity index is 0.000000118. The van der Waals surface area contributed by atoms with Crippen molar-refractivity contribution in [1.29, 1.82) is 0 Å². The molecule has 0 aromatic heterocycles. The molecule has 4 aliphatic rings. The zero-order valence-electron chi connectivity index (χ0n) is 78.3. The summed E-state index contributed by atoms with van der Waals surface area (Å²) in [6.07, 6.45) is 0. The van der Waals surface area contributed by atoms with Crippen LogP contribution in [0.4, 0.5) is 56.9 Å². The van der Waals surface area contributed by atoms with Crippen molar-refractivity contribution in [3.05, 3.63) is 479 Å². The van der Waals surface area contributed by atoms with E-state index in [1.165, 1.54) is 117 Å². The zero-order chi connectivity index (χ0) is 91.9. The summed E-state index contributed by atoms with van der Waals surface area (Å²) in [5.41, 5.74) is 38.7. The quantitative estimate of drug-likeness (QED) is 0.0648. The van der Waals surface area contributed by atoms with E-state index >= 15 is 0 Å². The number of benzene rings is 17. The van der Waals surface area contributed by atoms with E-state index in [-0.39, 0.29) is 32.5 Å². The molecule has 658 valence electrons. The third-order valence-corrected chi connectivity index (χ3v) is 26.1. The summed E-state index contributed by atoms with van der Waals surface area (Å²) < 4.78 is 21.0. The van der Waals surface area contributed by atoms with E-state index in [1.807, 2.05) is 84.9 Å². The molecule has 4 aliphatic carbocycles. The van der Waals surface area contributed by atoms with Crippen LogP contribution >= 0.6 is 0 Å². The molecule has 0 unspecified atom stereocenters. The van der Waals surface area contributed by atoms with Crippen LogP contribution in [0.1, 0.15) is 148 Å². The SMILES string of the molecule is CC(C)(C)c1ccc(Nc2ccc(C(C)(C)C)cc2)cc1.COc1ccc(Nc2ccc(C(C)(C)C)cc2)cc1.COc1ccc(Nc2ccc3c(c2)C(C)(C)c2ccccc2-3)cc1.COc1ccc(Nc2ccc3c(c2)C(c2ccccc2)(c2ccccc2)c2ccccc2-3)cc1.COc1ccc(Nc2ccc3c(c2)C2(c4ccccc4-c4ccccc42)c2ccccc2-3)cc1. The normalized spacial score (nSPS) is 13.0. The molecule has 0 fully saturated rings. The van der Waals surface area contributed by atoms with E-state index in [4.69, 9.17) is 18.9 Å². The lowest BCUT2D eigenvalue weighted by atomic mass is 9.67. The lowest BCUT2D eigenvalue weighted by Gasteiger charge is -2.34. The summed E-state index contributed by atoms with van der Waals surface area (Å²) in [6, 6.07) is 144. The molecule has 17 aromatic carbocycles. The molecule has 9 nitrogen and oxygen atoms in total. The molecule has 132 heavy (non-hydrogen) atoms. The molecule has 0 heterocycles. The van der Waals surface area contributed by atoms with Gasteiger partial charge in [-0.2, -0.15) is 0 Å². The highest BCUT2D eigenvalue weighted by molar-refractivity contribution is 5.96. The van der Waals surface area contributed by atoms with Crippen LogP contribution in [-0.4, -0.2) is 28.4 Å². The fourth-order valence-corrected chi connectivity index (χ4v) is 19.2. The van der Waals surface area contributed by atoms with Crippen molar-refractivity contribution >= 4 is 56.9 Å². The van der Waals surface area contributed by atoms with Crippen molar-refractivity contribution < 1.29 is 18.9 Å². The molecule has 0 radical (unpaired) electrons. The Morgan fingerprint density at radius 1 is 0.182 bits per heavy atom. The first-order valence-corrected chi connectivity index (χ1v) is 45.6. The van der Waals surface area contributed by atoms with Crippen molar-refractivity contribution in [1.82, 2.24) is 0 Å². The Labute approximate surface area is 780 Å². The van der Waals surface area contributed by atoms with Crippen LogP contribution < -0.4 is 45.5 Å². The minimum atomic E-state index is -0.383. The Morgan fingerprint density at radius 3 is 0.652 bits per heavy atom. The third kappa shape index (κ3) is 18.1. The molecule has 0 atom stereocenters. The van der Waals surface area contributed by atoms with Crippen molar-refractivity contribution in [2.24, 2.45) is 0 Å². The first-order valence-electron chi connectivity index (χ1n) is 45.6. The summed E-state index contributed by atoms with van der Waals surface area (Å²) in [7, 11) is 6.74. The van der Waals surface area contributed by atoms with Crippen molar-refractivity contribution in [3.8, 4) is 67.5 Å². The van der Waals surface area contributed by atoms with Gasteiger partial charge in [0.15, 0.2) is 0 Å². The Hall–Kier alpha value is -15.1. The molecule has 1 spiro atoms. The minimum absolute atomic E-state index is 0.0313. The predicted molar refractivity (Wildman–Crippen MR) is 554 cm³/mol. The summed E-state index contributed by atoms with van der Waals surface area (Å²) in [6.45, 7) is 24.7. The number of hydrogen-bond acceptors (Lipinski definition) is 9. The molecule has 0 saturated carbocycles. The van der Waals surface area contributed by atoms with Gasteiger partial charge in [0.05, 0.1) is 39.3 Å². The van der Waals surface area contributed by atoms with Gasteiger partial charge in [-0.3, -0.25) is 0 Å². The van der Waals surface area contributed by atoms with Gasteiger partial charge >= 0.3 is 0 Å². The fraction of sp³-hybridized carbons (Fsp3) is 0.171. The standard InChI is InChI=1S/C32H23NO.C32H25NO.C22H21NO.C20H27N.C17H21NO/c1-34-23-17-14-21(15-18-23)33-22-16-19-27-26-10-4-7-13-30(26)32(31(27)20-22)28-11-5-2-8-24(28)25-9-3-6-12-29(25)32;1-34-27-19-16-25(17-20-27)33-26-18-21-29-28-14-8-9-15-30(28)32(31(29)22-26,23-10-4-2-5-11-23)24-12-6-3-7-13-24;1-22(2)20-7-5-4-6-18(20)19-13-10-16(14-21(19)22)23-15-8-11-17(24-3)12-9-15;1-19(2,3)15-7-11-17(12-8-15)21-18-13-9-16(10-14-18)20(4,5)6;1-17(2,3)13-5-7-14(8-6-13)18-15-9-11-16(19-4)12-10-15/h2-20,33H,1H3;2-22,33H,1H3;4-14,23H,1-3H3;7-14,21H,1-6H3;5-12,18H,1-4H3. The summed E-state index contributed by atoms with van der Waals surface area (Å²) in [5.74, 6) is 3.44. The number of ether oxygens (including phenoxy) is 4.